The van der Waals surface area contributed by atoms with E-state index in [0.29, 0.717) is 28.3 Å². The van der Waals surface area contributed by atoms with Crippen LogP contribution in [0.25, 0.3) is 0 Å². The Bertz CT molecular complexity index is 698. The number of nitrogens with one attached hydrogen (secondary N) is 1. The van der Waals surface area contributed by atoms with Crippen molar-refractivity contribution < 1.29 is 9.00 Å². The fraction of sp³-hybridized carbons (Fsp3) is 0.650. The first-order chi connectivity index (χ1) is 11.3. The third-order valence-corrected chi connectivity index (χ3v) is 8.45. The zero-order valence-corrected chi connectivity index (χ0v) is 15.6. The molecule has 0 saturated heterocycles. The van der Waals surface area contributed by atoms with Crippen molar-refractivity contribution in [2.24, 2.45) is 23.2 Å². The smallest absolute Gasteiger partial charge is 0.136 e. The molecule has 1 aromatic carbocycles. The Morgan fingerprint density at radius 3 is 2.71 bits per heavy atom. The van der Waals surface area contributed by atoms with Crippen molar-refractivity contribution in [3.8, 4) is 0 Å². The summed E-state index contributed by atoms with van der Waals surface area (Å²) >= 11 is 0. The normalized spacial score (nSPS) is 33.7. The molecule has 3 nitrogen and oxygen atoms in total. The maximum atomic E-state index is 12.7. The topological polar surface area (TPSA) is 58.0 Å². The summed E-state index contributed by atoms with van der Waals surface area (Å²) in [5, 5.41) is 0. The van der Waals surface area contributed by atoms with Crippen LogP contribution in [0.2, 0.25) is 0 Å². The van der Waals surface area contributed by atoms with Gasteiger partial charge in [0, 0.05) is 23.0 Å². The number of benzene rings is 1. The summed E-state index contributed by atoms with van der Waals surface area (Å²) in [7, 11) is -2.71. The lowest BCUT2D eigenvalue weighted by Crippen LogP contribution is -2.39. The number of rotatable bonds is 5. The van der Waals surface area contributed by atoms with E-state index < -0.39 is 9.73 Å². The van der Waals surface area contributed by atoms with Crippen LogP contribution in [0.15, 0.2) is 35.2 Å². The standard InChI is InChI=1S/C20H29NO2S/c1-15(12-14-24(21,23)16-7-4-3-5-8-16)17-10-11-18-19(22)9-6-13-20(17,18)2/h3-5,7-8,15,17-18,21H,6,9-14H2,1-2H3/t15?,17?,18?,20-,24?/m1/s1. The first kappa shape index (κ1) is 17.7. The molecule has 2 aliphatic carbocycles. The molecule has 2 aliphatic rings. The van der Waals surface area contributed by atoms with E-state index in [4.69, 9.17) is 4.78 Å². The number of fused-ring (bicyclic) bond motifs is 1. The van der Waals surface area contributed by atoms with Gasteiger partial charge in [0.05, 0.1) is 9.73 Å². The van der Waals surface area contributed by atoms with Gasteiger partial charge in [0.1, 0.15) is 5.78 Å². The number of hydrogen-bond acceptors (Lipinski definition) is 3. The minimum atomic E-state index is -2.71. The molecule has 24 heavy (non-hydrogen) atoms. The van der Waals surface area contributed by atoms with E-state index in [1.54, 1.807) is 12.1 Å². The summed E-state index contributed by atoms with van der Waals surface area (Å²) in [5.41, 5.74) is 0.129. The molecular weight excluding hydrogens is 318 g/mol. The fourth-order valence-corrected chi connectivity index (χ4v) is 6.75. The number of carbonyl (C=O) groups excluding carboxylic acids is 1. The molecule has 4 unspecified atom stereocenters. The average Bonchev–Trinajstić information content (AvgIpc) is 2.92. The number of Topliss-reactive ketones (excluding diaryl/α,β-unsaturated/α-hetero) is 1. The van der Waals surface area contributed by atoms with Gasteiger partial charge < -0.3 is 0 Å². The minimum absolute atomic E-state index is 0.129. The number of hydrogen-bond donors (Lipinski definition) is 1. The maximum absolute atomic E-state index is 12.7. The minimum Gasteiger partial charge on any atom is -0.299 e. The van der Waals surface area contributed by atoms with Crippen molar-refractivity contribution in [1.29, 1.82) is 4.78 Å². The van der Waals surface area contributed by atoms with Crippen molar-refractivity contribution in [3.63, 3.8) is 0 Å². The lowest BCUT2D eigenvalue weighted by Gasteiger charge is -2.42. The van der Waals surface area contributed by atoms with Crippen LogP contribution in [-0.2, 0) is 14.5 Å². The molecule has 3 rings (SSSR count). The maximum Gasteiger partial charge on any atom is 0.136 e. The Morgan fingerprint density at radius 1 is 1.29 bits per heavy atom. The zero-order chi connectivity index (χ0) is 17.4. The summed E-state index contributed by atoms with van der Waals surface area (Å²) in [5.74, 6) is 2.07. The van der Waals surface area contributed by atoms with Crippen LogP contribution < -0.4 is 0 Å². The molecule has 132 valence electrons. The van der Waals surface area contributed by atoms with Gasteiger partial charge in [-0.05, 0) is 61.5 Å². The summed E-state index contributed by atoms with van der Waals surface area (Å²) in [4.78, 5) is 12.9. The van der Waals surface area contributed by atoms with E-state index in [1.165, 1.54) is 0 Å². The molecule has 2 saturated carbocycles. The van der Waals surface area contributed by atoms with Gasteiger partial charge in [-0.1, -0.05) is 32.0 Å². The third kappa shape index (κ3) is 3.17. The van der Waals surface area contributed by atoms with Crippen LogP contribution in [0.3, 0.4) is 0 Å². The largest absolute Gasteiger partial charge is 0.299 e. The Morgan fingerprint density at radius 2 is 2.00 bits per heavy atom. The van der Waals surface area contributed by atoms with Gasteiger partial charge in [-0.3, -0.25) is 4.79 Å². The number of ketones is 1. The molecule has 0 aliphatic heterocycles. The van der Waals surface area contributed by atoms with E-state index in [2.05, 4.69) is 13.8 Å². The molecular formula is C20H29NO2S. The van der Waals surface area contributed by atoms with Crippen molar-refractivity contribution >= 4 is 15.5 Å². The second-order valence-corrected chi connectivity index (χ2v) is 10.3. The van der Waals surface area contributed by atoms with Gasteiger partial charge in [-0.15, -0.1) is 0 Å². The Labute approximate surface area is 146 Å². The van der Waals surface area contributed by atoms with Crippen LogP contribution >= 0.6 is 0 Å². The van der Waals surface area contributed by atoms with Crippen LogP contribution in [-0.4, -0.2) is 15.7 Å². The second kappa shape index (κ2) is 6.62. The monoisotopic (exact) mass is 347 g/mol. The number of carbonyl (C=O) groups is 1. The molecule has 2 fully saturated rings. The molecule has 1 aromatic rings. The predicted octanol–water partition coefficient (Wildman–Crippen LogP) is 4.90. The van der Waals surface area contributed by atoms with E-state index in [9.17, 15) is 9.00 Å². The molecule has 0 amide bonds. The van der Waals surface area contributed by atoms with E-state index in [1.807, 2.05) is 18.2 Å². The van der Waals surface area contributed by atoms with Crippen molar-refractivity contribution in [1.82, 2.24) is 0 Å². The van der Waals surface area contributed by atoms with Crippen molar-refractivity contribution in [2.45, 2.75) is 57.3 Å². The van der Waals surface area contributed by atoms with Gasteiger partial charge in [0.25, 0.3) is 0 Å². The summed E-state index contributed by atoms with van der Waals surface area (Å²) in [6.07, 6.45) is 5.87. The van der Waals surface area contributed by atoms with Crippen LogP contribution in [0.5, 0.6) is 0 Å². The summed E-state index contributed by atoms with van der Waals surface area (Å²) in [6, 6.07) is 9.19. The Balaban J connectivity index is 1.67. The first-order valence-electron chi connectivity index (χ1n) is 9.19. The van der Waals surface area contributed by atoms with E-state index in [-0.39, 0.29) is 11.3 Å². The highest BCUT2D eigenvalue weighted by Gasteiger charge is 2.52. The molecule has 0 radical (unpaired) electrons. The van der Waals surface area contributed by atoms with Crippen LogP contribution in [0.1, 0.15) is 52.4 Å². The highest BCUT2D eigenvalue weighted by Crippen LogP contribution is 2.57. The van der Waals surface area contributed by atoms with E-state index >= 15 is 0 Å². The molecule has 5 atom stereocenters. The molecule has 0 spiro atoms. The quantitative estimate of drug-likeness (QED) is 0.823. The molecule has 1 N–H and O–H groups in total. The molecule has 0 bridgehead atoms. The molecule has 0 heterocycles. The van der Waals surface area contributed by atoms with Crippen LogP contribution in [0, 0.1) is 27.9 Å². The van der Waals surface area contributed by atoms with Crippen molar-refractivity contribution in [2.75, 3.05) is 5.75 Å². The SMILES string of the molecule is CC(CCS(=N)(=O)c1ccccc1)C1CCC2C(=O)CCC[C@@]21C. The first-order valence-corrected chi connectivity index (χ1v) is 10.9. The molecule has 4 heteroatoms. The highest BCUT2D eigenvalue weighted by molar-refractivity contribution is 7.92. The Hall–Kier alpha value is -1.16. The average molecular weight is 348 g/mol. The fourth-order valence-electron chi connectivity index (χ4n) is 5.22. The van der Waals surface area contributed by atoms with Gasteiger partial charge >= 0.3 is 0 Å². The Kier molecular flexibility index (Phi) is 4.87. The highest BCUT2D eigenvalue weighted by atomic mass is 32.2. The van der Waals surface area contributed by atoms with Gasteiger partial charge in [0.2, 0.25) is 0 Å². The third-order valence-electron chi connectivity index (χ3n) is 6.61. The predicted molar refractivity (Wildman–Crippen MR) is 97.4 cm³/mol. The lowest BCUT2D eigenvalue weighted by atomic mass is 9.62. The summed E-state index contributed by atoms with van der Waals surface area (Å²) < 4.78 is 21.0. The van der Waals surface area contributed by atoms with Gasteiger partial charge in [-0.25, -0.2) is 8.99 Å². The van der Waals surface area contributed by atoms with Gasteiger partial charge in [-0.2, -0.15) is 0 Å². The summed E-state index contributed by atoms with van der Waals surface area (Å²) in [6.45, 7) is 4.54. The lowest BCUT2D eigenvalue weighted by molar-refractivity contribution is -0.130. The van der Waals surface area contributed by atoms with Gasteiger partial charge in [0.15, 0.2) is 0 Å². The zero-order valence-electron chi connectivity index (χ0n) is 14.8. The second-order valence-electron chi connectivity index (χ2n) is 8.02. The van der Waals surface area contributed by atoms with Crippen molar-refractivity contribution in [3.05, 3.63) is 30.3 Å². The van der Waals surface area contributed by atoms with E-state index in [0.717, 1.165) is 38.5 Å². The van der Waals surface area contributed by atoms with Crippen LogP contribution in [0.4, 0.5) is 0 Å². The molecule has 0 aromatic heterocycles.